The Morgan fingerprint density at radius 2 is 1.75 bits per heavy atom. The number of piperazine rings is 1. The normalized spacial score (nSPS) is 14.3. The predicted molar refractivity (Wildman–Crippen MR) is 141 cm³/mol. The second kappa shape index (κ2) is 9.62. The number of nitrogens with zero attached hydrogens (tertiary/aromatic N) is 4. The molecule has 1 N–H and O–H groups in total. The summed E-state index contributed by atoms with van der Waals surface area (Å²) in [7, 11) is 7.12. The molecule has 0 bridgehead atoms. The zero-order valence-corrected chi connectivity index (χ0v) is 21.0. The van der Waals surface area contributed by atoms with Crippen molar-refractivity contribution >= 4 is 22.6 Å². The van der Waals surface area contributed by atoms with Gasteiger partial charge in [-0.3, -0.25) is 4.79 Å². The summed E-state index contributed by atoms with van der Waals surface area (Å²) in [4.78, 5) is 25.9. The standard InChI is InChI=1S/C28H30FN5O2/c1-32(2)28(35)19-7-5-18(6-8-19)23-17-31-27-22(23)13-21(16-30-27)20-14-24(29)26(25(15-20)36-4)34-11-9-33(3)10-12-34/h5-8,13-17H,9-12H2,1-4H3,(H,30,31). The second-order valence-electron chi connectivity index (χ2n) is 9.40. The summed E-state index contributed by atoms with van der Waals surface area (Å²) < 4.78 is 21.1. The minimum absolute atomic E-state index is 0.0413. The van der Waals surface area contributed by atoms with Gasteiger partial charge in [-0.05, 0) is 48.5 Å². The summed E-state index contributed by atoms with van der Waals surface area (Å²) in [6.45, 7) is 3.27. The lowest BCUT2D eigenvalue weighted by Crippen LogP contribution is -2.45. The number of likely N-dealkylation sites (N-methyl/N-ethyl adjacent to an activating group) is 1. The van der Waals surface area contributed by atoms with Crippen molar-refractivity contribution in [2.45, 2.75) is 0 Å². The van der Waals surface area contributed by atoms with Crippen LogP contribution in [0.3, 0.4) is 0 Å². The third-order valence-electron chi connectivity index (χ3n) is 6.78. The van der Waals surface area contributed by atoms with Gasteiger partial charge in [-0.25, -0.2) is 9.37 Å². The first-order valence-electron chi connectivity index (χ1n) is 12.0. The third-order valence-corrected chi connectivity index (χ3v) is 6.78. The van der Waals surface area contributed by atoms with E-state index >= 15 is 4.39 Å². The largest absolute Gasteiger partial charge is 0.494 e. The molecule has 186 valence electrons. The number of carbonyl (C=O) groups is 1. The highest BCUT2D eigenvalue weighted by atomic mass is 19.1. The Morgan fingerprint density at radius 3 is 2.42 bits per heavy atom. The second-order valence-corrected chi connectivity index (χ2v) is 9.40. The van der Waals surface area contributed by atoms with Gasteiger partial charge in [0.2, 0.25) is 0 Å². The van der Waals surface area contributed by atoms with Gasteiger partial charge in [0.15, 0.2) is 5.82 Å². The fourth-order valence-electron chi connectivity index (χ4n) is 4.68. The van der Waals surface area contributed by atoms with E-state index in [-0.39, 0.29) is 11.7 Å². The van der Waals surface area contributed by atoms with Crippen molar-refractivity contribution in [1.29, 1.82) is 0 Å². The van der Waals surface area contributed by atoms with E-state index in [9.17, 15) is 4.79 Å². The van der Waals surface area contributed by atoms with Gasteiger partial charge in [0.1, 0.15) is 17.1 Å². The Bertz CT molecular complexity index is 1410. The highest BCUT2D eigenvalue weighted by Crippen LogP contribution is 2.38. The van der Waals surface area contributed by atoms with Crippen LogP contribution in [0.5, 0.6) is 5.75 Å². The molecule has 1 fully saturated rings. The number of fused-ring (bicyclic) bond motifs is 1. The molecule has 1 amide bonds. The van der Waals surface area contributed by atoms with E-state index in [1.807, 2.05) is 47.5 Å². The first kappa shape index (κ1) is 23.8. The third kappa shape index (κ3) is 4.40. The van der Waals surface area contributed by atoms with E-state index in [2.05, 4.69) is 21.9 Å². The molecule has 5 rings (SSSR count). The Morgan fingerprint density at radius 1 is 1.03 bits per heavy atom. The number of anilines is 1. The van der Waals surface area contributed by atoms with Crippen LogP contribution in [0, 0.1) is 5.82 Å². The van der Waals surface area contributed by atoms with Crippen LogP contribution < -0.4 is 9.64 Å². The maximum atomic E-state index is 15.4. The first-order chi connectivity index (χ1) is 17.4. The Labute approximate surface area is 210 Å². The molecule has 4 aromatic rings. The van der Waals surface area contributed by atoms with Crippen molar-refractivity contribution in [1.82, 2.24) is 19.8 Å². The highest BCUT2D eigenvalue weighted by Gasteiger charge is 2.23. The fourth-order valence-corrected chi connectivity index (χ4v) is 4.68. The number of aromatic nitrogens is 2. The van der Waals surface area contributed by atoms with E-state index in [0.717, 1.165) is 53.9 Å². The molecule has 1 aliphatic rings. The summed E-state index contributed by atoms with van der Waals surface area (Å²) in [6.07, 6.45) is 3.65. The lowest BCUT2D eigenvalue weighted by molar-refractivity contribution is 0.0827. The number of benzene rings is 2. The number of methoxy groups -OCH3 is 1. The number of H-pyrrole nitrogens is 1. The number of pyridine rings is 1. The van der Waals surface area contributed by atoms with Crippen LogP contribution in [0.25, 0.3) is 33.3 Å². The topological polar surface area (TPSA) is 64.7 Å². The van der Waals surface area contributed by atoms with E-state index in [1.165, 1.54) is 0 Å². The minimum Gasteiger partial charge on any atom is -0.494 e. The maximum Gasteiger partial charge on any atom is 0.253 e. The van der Waals surface area contributed by atoms with Crippen molar-refractivity contribution in [3.8, 4) is 28.0 Å². The van der Waals surface area contributed by atoms with Crippen LogP contribution in [0.15, 0.2) is 54.9 Å². The number of rotatable bonds is 5. The molecule has 2 aromatic carbocycles. The van der Waals surface area contributed by atoms with Crippen LogP contribution in [0.2, 0.25) is 0 Å². The van der Waals surface area contributed by atoms with Crippen molar-refractivity contribution < 1.29 is 13.9 Å². The van der Waals surface area contributed by atoms with E-state index in [4.69, 9.17) is 4.74 Å². The monoisotopic (exact) mass is 487 g/mol. The molecular weight excluding hydrogens is 457 g/mol. The number of hydrogen-bond donors (Lipinski definition) is 1. The van der Waals surface area contributed by atoms with Crippen LogP contribution >= 0.6 is 0 Å². The average Bonchev–Trinajstić information content (AvgIpc) is 3.32. The number of ether oxygens (including phenoxy) is 1. The molecule has 0 spiro atoms. The van der Waals surface area contributed by atoms with Crippen LogP contribution in [0.4, 0.5) is 10.1 Å². The lowest BCUT2D eigenvalue weighted by Gasteiger charge is -2.35. The Balaban J connectivity index is 1.51. The SMILES string of the molecule is COc1cc(-c2cnc3[nH]cc(-c4ccc(C(=O)N(C)C)cc4)c3c2)cc(F)c1N1CCN(C)CC1. The summed E-state index contributed by atoms with van der Waals surface area (Å²) >= 11 is 0. The molecule has 36 heavy (non-hydrogen) atoms. The smallest absolute Gasteiger partial charge is 0.253 e. The molecule has 1 aliphatic heterocycles. The first-order valence-corrected chi connectivity index (χ1v) is 12.0. The van der Waals surface area contributed by atoms with Gasteiger partial charge < -0.3 is 24.4 Å². The highest BCUT2D eigenvalue weighted by molar-refractivity contribution is 5.98. The van der Waals surface area contributed by atoms with Crippen LogP contribution in [-0.2, 0) is 0 Å². The number of carbonyl (C=O) groups excluding carboxylic acids is 1. The fraction of sp³-hybridized carbons (Fsp3) is 0.286. The van der Waals surface area contributed by atoms with Crippen molar-refractivity contribution in [3.05, 3.63) is 66.2 Å². The molecular formula is C28H30FN5O2. The number of hydrogen-bond acceptors (Lipinski definition) is 5. The Hall–Kier alpha value is -3.91. The number of amides is 1. The van der Waals surface area contributed by atoms with Gasteiger partial charge in [0.25, 0.3) is 5.91 Å². The molecule has 0 unspecified atom stereocenters. The summed E-state index contributed by atoms with van der Waals surface area (Å²) in [5, 5.41) is 0.918. The molecule has 7 nitrogen and oxygen atoms in total. The quantitative estimate of drug-likeness (QED) is 0.449. The molecule has 2 aromatic heterocycles. The van der Waals surface area contributed by atoms with Gasteiger partial charge in [0, 0.05) is 74.7 Å². The molecule has 3 heterocycles. The lowest BCUT2D eigenvalue weighted by atomic mass is 10.0. The Kier molecular flexibility index (Phi) is 6.36. The van der Waals surface area contributed by atoms with E-state index in [0.29, 0.717) is 22.6 Å². The summed E-state index contributed by atoms with van der Waals surface area (Å²) in [5.74, 6) is 0.176. The van der Waals surface area contributed by atoms with Gasteiger partial charge in [-0.1, -0.05) is 12.1 Å². The molecule has 0 radical (unpaired) electrons. The summed E-state index contributed by atoms with van der Waals surface area (Å²) in [6, 6.07) is 13.0. The average molecular weight is 488 g/mol. The van der Waals surface area contributed by atoms with Crippen LogP contribution in [-0.4, -0.2) is 80.1 Å². The minimum atomic E-state index is -0.301. The van der Waals surface area contributed by atoms with E-state index in [1.54, 1.807) is 38.4 Å². The van der Waals surface area contributed by atoms with Crippen LogP contribution in [0.1, 0.15) is 10.4 Å². The molecule has 8 heteroatoms. The van der Waals surface area contributed by atoms with Crippen molar-refractivity contribution in [2.24, 2.45) is 0 Å². The van der Waals surface area contributed by atoms with Gasteiger partial charge >= 0.3 is 0 Å². The van der Waals surface area contributed by atoms with Gasteiger partial charge in [-0.2, -0.15) is 0 Å². The zero-order valence-electron chi connectivity index (χ0n) is 21.0. The van der Waals surface area contributed by atoms with E-state index < -0.39 is 0 Å². The molecule has 0 saturated carbocycles. The number of aromatic amines is 1. The molecule has 1 saturated heterocycles. The zero-order chi connectivity index (χ0) is 25.4. The van der Waals surface area contributed by atoms with Gasteiger partial charge in [0.05, 0.1) is 7.11 Å². The van der Waals surface area contributed by atoms with Gasteiger partial charge in [-0.15, -0.1) is 0 Å². The van der Waals surface area contributed by atoms with Crippen molar-refractivity contribution in [3.63, 3.8) is 0 Å². The molecule has 0 atom stereocenters. The predicted octanol–water partition coefficient (Wildman–Crippen LogP) is 4.50. The molecule has 0 aliphatic carbocycles. The summed E-state index contributed by atoms with van der Waals surface area (Å²) in [5.41, 5.74) is 5.31. The number of halogens is 1. The maximum absolute atomic E-state index is 15.4. The number of nitrogens with one attached hydrogen (secondary N) is 1. The van der Waals surface area contributed by atoms with Crippen molar-refractivity contribution in [2.75, 3.05) is 59.3 Å².